The molecule has 1 N–H and O–H groups in total. The van der Waals surface area contributed by atoms with Crippen molar-refractivity contribution >= 4 is 11.5 Å². The average Bonchev–Trinajstić information content (AvgIpc) is 2.62. The summed E-state index contributed by atoms with van der Waals surface area (Å²) in [5, 5.41) is 13.9. The van der Waals surface area contributed by atoms with E-state index in [2.05, 4.69) is 20.2 Å². The SMILES string of the molecule is O=[N+]([O-])c1cccc(CN2CCCC(Nc3cc(C(F)(F)F)ncn3)C2)c1. The van der Waals surface area contributed by atoms with Crippen molar-refractivity contribution in [3.63, 3.8) is 0 Å². The van der Waals surface area contributed by atoms with Gasteiger partial charge in [0.2, 0.25) is 0 Å². The zero-order chi connectivity index (χ0) is 19.4. The highest BCUT2D eigenvalue weighted by Gasteiger charge is 2.33. The molecule has 2 heterocycles. The standard InChI is InChI=1S/C17H18F3N5O2/c18-17(19,20)15-8-16(22-11-21-15)23-13-4-2-6-24(10-13)9-12-3-1-5-14(7-12)25(26)27/h1,3,5,7-8,11,13H,2,4,6,9-10H2,(H,21,22,23). The van der Waals surface area contributed by atoms with Gasteiger partial charge < -0.3 is 5.32 Å². The molecular weight excluding hydrogens is 363 g/mol. The van der Waals surface area contributed by atoms with Crippen LogP contribution < -0.4 is 5.32 Å². The van der Waals surface area contributed by atoms with Crippen LogP contribution in [0.1, 0.15) is 24.1 Å². The number of rotatable bonds is 5. The monoisotopic (exact) mass is 381 g/mol. The van der Waals surface area contributed by atoms with E-state index in [0.717, 1.165) is 37.3 Å². The second kappa shape index (κ2) is 7.87. The Hall–Kier alpha value is -2.75. The normalized spacial score (nSPS) is 18.3. The first-order chi connectivity index (χ1) is 12.8. The van der Waals surface area contributed by atoms with Crippen molar-refractivity contribution in [1.29, 1.82) is 0 Å². The molecule has 144 valence electrons. The summed E-state index contributed by atoms with van der Waals surface area (Å²) in [7, 11) is 0. The molecule has 1 saturated heterocycles. The third-order valence-corrected chi connectivity index (χ3v) is 4.34. The van der Waals surface area contributed by atoms with E-state index in [-0.39, 0.29) is 17.5 Å². The summed E-state index contributed by atoms with van der Waals surface area (Å²) < 4.78 is 38.3. The maximum absolute atomic E-state index is 12.8. The van der Waals surface area contributed by atoms with E-state index >= 15 is 0 Å². The smallest absolute Gasteiger partial charge is 0.366 e. The summed E-state index contributed by atoms with van der Waals surface area (Å²) in [4.78, 5) is 19.7. The van der Waals surface area contributed by atoms with Crippen molar-refractivity contribution < 1.29 is 18.1 Å². The van der Waals surface area contributed by atoms with Crippen molar-refractivity contribution in [3.05, 3.63) is 58.0 Å². The van der Waals surface area contributed by atoms with E-state index in [1.807, 2.05) is 6.07 Å². The van der Waals surface area contributed by atoms with Crippen LogP contribution >= 0.6 is 0 Å². The van der Waals surface area contributed by atoms with E-state index < -0.39 is 16.8 Å². The lowest BCUT2D eigenvalue weighted by atomic mass is 10.0. The van der Waals surface area contributed by atoms with Gasteiger partial charge in [0.05, 0.1) is 4.92 Å². The maximum atomic E-state index is 12.8. The number of hydrogen-bond acceptors (Lipinski definition) is 6. The lowest BCUT2D eigenvalue weighted by Crippen LogP contribution is -2.41. The third-order valence-electron chi connectivity index (χ3n) is 4.34. The van der Waals surface area contributed by atoms with Gasteiger partial charge in [-0.05, 0) is 24.9 Å². The topological polar surface area (TPSA) is 84.2 Å². The molecule has 0 radical (unpaired) electrons. The highest BCUT2D eigenvalue weighted by molar-refractivity contribution is 5.37. The highest BCUT2D eigenvalue weighted by Crippen LogP contribution is 2.28. The van der Waals surface area contributed by atoms with Crippen molar-refractivity contribution in [3.8, 4) is 0 Å². The molecule has 1 aromatic heterocycles. The quantitative estimate of drug-likeness (QED) is 0.631. The molecule has 3 rings (SSSR count). The lowest BCUT2D eigenvalue weighted by Gasteiger charge is -2.33. The van der Waals surface area contributed by atoms with Crippen LogP contribution in [-0.4, -0.2) is 38.9 Å². The molecule has 1 aromatic carbocycles. The number of non-ortho nitro benzene ring substituents is 1. The van der Waals surface area contributed by atoms with Crippen LogP contribution in [0.15, 0.2) is 36.7 Å². The molecule has 10 heteroatoms. The zero-order valence-electron chi connectivity index (χ0n) is 14.3. The van der Waals surface area contributed by atoms with Crippen molar-refractivity contribution in [2.45, 2.75) is 31.6 Å². The van der Waals surface area contributed by atoms with E-state index in [1.54, 1.807) is 6.07 Å². The Labute approximate surface area is 153 Å². The Balaban J connectivity index is 1.63. The Bertz CT molecular complexity index is 815. The number of nitrogens with one attached hydrogen (secondary N) is 1. The molecule has 0 spiro atoms. The number of benzene rings is 1. The van der Waals surface area contributed by atoms with Crippen LogP contribution in [0.5, 0.6) is 0 Å². The number of nitro groups is 1. The van der Waals surface area contributed by atoms with Crippen molar-refractivity contribution in [2.75, 3.05) is 18.4 Å². The van der Waals surface area contributed by atoms with Gasteiger partial charge in [-0.2, -0.15) is 13.2 Å². The zero-order valence-corrected chi connectivity index (χ0v) is 14.3. The predicted octanol–water partition coefficient (Wildman–Crippen LogP) is 3.48. The van der Waals surface area contributed by atoms with Crippen LogP contribution in [0.3, 0.4) is 0 Å². The van der Waals surface area contributed by atoms with Crippen molar-refractivity contribution in [1.82, 2.24) is 14.9 Å². The molecular formula is C17H18F3N5O2. The Morgan fingerprint density at radius 3 is 2.85 bits per heavy atom. The molecule has 7 nitrogen and oxygen atoms in total. The number of alkyl halides is 3. The number of nitrogens with zero attached hydrogens (tertiary/aromatic N) is 4. The summed E-state index contributed by atoms with van der Waals surface area (Å²) in [6.07, 6.45) is -1.95. The fraction of sp³-hybridized carbons (Fsp3) is 0.412. The maximum Gasteiger partial charge on any atom is 0.433 e. The minimum absolute atomic E-state index is 0.0415. The second-order valence-corrected chi connectivity index (χ2v) is 6.43. The lowest BCUT2D eigenvalue weighted by molar-refractivity contribution is -0.384. The first-order valence-corrected chi connectivity index (χ1v) is 8.43. The van der Waals surface area contributed by atoms with Gasteiger partial charge in [0, 0.05) is 37.3 Å². The van der Waals surface area contributed by atoms with Crippen LogP contribution in [0.4, 0.5) is 24.7 Å². The van der Waals surface area contributed by atoms with Gasteiger partial charge in [0.25, 0.3) is 5.69 Å². The van der Waals surface area contributed by atoms with Gasteiger partial charge in [0.15, 0.2) is 0 Å². The number of piperidine rings is 1. The summed E-state index contributed by atoms with van der Waals surface area (Å²) in [5.41, 5.74) is -0.115. The number of hydrogen-bond donors (Lipinski definition) is 1. The van der Waals surface area contributed by atoms with Crippen LogP contribution in [0.25, 0.3) is 0 Å². The summed E-state index contributed by atoms with van der Waals surface area (Å²) in [6, 6.07) is 7.29. The first-order valence-electron chi connectivity index (χ1n) is 8.43. The van der Waals surface area contributed by atoms with Crippen LogP contribution in [-0.2, 0) is 12.7 Å². The van der Waals surface area contributed by atoms with Crippen molar-refractivity contribution in [2.24, 2.45) is 0 Å². The molecule has 1 aliphatic heterocycles. The highest BCUT2D eigenvalue weighted by atomic mass is 19.4. The molecule has 0 bridgehead atoms. The van der Waals surface area contributed by atoms with Crippen LogP contribution in [0.2, 0.25) is 0 Å². The molecule has 27 heavy (non-hydrogen) atoms. The molecule has 1 aliphatic rings. The second-order valence-electron chi connectivity index (χ2n) is 6.43. The number of likely N-dealkylation sites (tertiary alicyclic amines) is 1. The Kier molecular flexibility index (Phi) is 5.54. The van der Waals surface area contributed by atoms with Gasteiger partial charge in [0.1, 0.15) is 17.8 Å². The number of anilines is 1. The van der Waals surface area contributed by atoms with E-state index in [9.17, 15) is 23.3 Å². The minimum atomic E-state index is -4.51. The molecule has 1 unspecified atom stereocenters. The fourth-order valence-electron chi connectivity index (χ4n) is 3.14. The summed E-state index contributed by atoms with van der Waals surface area (Å²) in [6.45, 7) is 1.96. The summed E-state index contributed by atoms with van der Waals surface area (Å²) >= 11 is 0. The fourth-order valence-corrected chi connectivity index (χ4v) is 3.14. The minimum Gasteiger partial charge on any atom is -0.366 e. The van der Waals surface area contributed by atoms with Gasteiger partial charge >= 0.3 is 6.18 Å². The molecule has 0 saturated carbocycles. The molecule has 0 amide bonds. The number of nitro benzene ring substituents is 1. The molecule has 0 aliphatic carbocycles. The number of halogens is 3. The van der Waals surface area contributed by atoms with E-state index in [1.165, 1.54) is 12.1 Å². The van der Waals surface area contributed by atoms with Gasteiger partial charge in [-0.15, -0.1) is 0 Å². The van der Waals surface area contributed by atoms with Gasteiger partial charge in [-0.25, -0.2) is 9.97 Å². The number of aromatic nitrogens is 2. The largest absolute Gasteiger partial charge is 0.433 e. The van der Waals surface area contributed by atoms with Gasteiger partial charge in [-0.3, -0.25) is 15.0 Å². The summed E-state index contributed by atoms with van der Waals surface area (Å²) in [5.74, 6) is 0.138. The molecule has 1 atom stereocenters. The average molecular weight is 381 g/mol. The van der Waals surface area contributed by atoms with Gasteiger partial charge in [-0.1, -0.05) is 12.1 Å². The molecule has 2 aromatic rings. The Morgan fingerprint density at radius 1 is 1.30 bits per heavy atom. The Morgan fingerprint density at radius 2 is 2.11 bits per heavy atom. The first kappa shape index (κ1) is 19.0. The molecule has 1 fully saturated rings. The van der Waals surface area contributed by atoms with E-state index in [4.69, 9.17) is 0 Å². The third kappa shape index (κ3) is 5.13. The van der Waals surface area contributed by atoms with E-state index in [0.29, 0.717) is 13.1 Å². The predicted molar refractivity (Wildman–Crippen MR) is 92.1 cm³/mol. The van der Waals surface area contributed by atoms with Crippen LogP contribution in [0, 0.1) is 10.1 Å².